The summed E-state index contributed by atoms with van der Waals surface area (Å²) in [5.74, 6) is -0.746. The summed E-state index contributed by atoms with van der Waals surface area (Å²) in [6.07, 6.45) is 0.846. The summed E-state index contributed by atoms with van der Waals surface area (Å²) < 4.78 is 9.99. The first-order chi connectivity index (χ1) is 10.2. The molecule has 0 aromatic carbocycles. The molecular weight excluding hydrogens is 288 g/mol. The number of aliphatic hydroxyl groups excluding tert-OH is 1. The van der Waals surface area contributed by atoms with Crippen LogP contribution in [0.1, 0.15) is 39.4 Å². The Balaban J connectivity index is 2.89. The molecule has 2 atom stereocenters. The van der Waals surface area contributed by atoms with Crippen molar-refractivity contribution >= 4 is 12.1 Å². The van der Waals surface area contributed by atoms with E-state index in [2.05, 4.69) is 10.3 Å². The third kappa shape index (κ3) is 5.69. The van der Waals surface area contributed by atoms with Gasteiger partial charge in [-0.1, -0.05) is 6.07 Å². The average Bonchev–Trinajstić information content (AvgIpc) is 2.43. The van der Waals surface area contributed by atoms with Crippen molar-refractivity contribution < 1.29 is 24.2 Å². The van der Waals surface area contributed by atoms with Crippen LogP contribution in [0.25, 0.3) is 0 Å². The fourth-order valence-electron chi connectivity index (χ4n) is 1.68. The van der Waals surface area contributed by atoms with E-state index in [1.54, 1.807) is 39.8 Å². The summed E-state index contributed by atoms with van der Waals surface area (Å²) in [7, 11) is 0. The molecule has 7 nitrogen and oxygen atoms in total. The lowest BCUT2D eigenvalue weighted by Gasteiger charge is -2.25. The molecule has 0 aliphatic carbocycles. The topological polar surface area (TPSA) is 97.8 Å². The lowest BCUT2D eigenvalue weighted by molar-refractivity contribution is -0.148. The van der Waals surface area contributed by atoms with Crippen molar-refractivity contribution in [2.45, 2.75) is 45.4 Å². The van der Waals surface area contributed by atoms with E-state index in [0.717, 1.165) is 0 Å². The first-order valence-corrected chi connectivity index (χ1v) is 6.98. The Labute approximate surface area is 129 Å². The first-order valence-electron chi connectivity index (χ1n) is 6.98. The predicted octanol–water partition coefficient (Wildman–Crippen LogP) is 1.57. The van der Waals surface area contributed by atoms with E-state index in [4.69, 9.17) is 9.47 Å². The molecule has 0 fully saturated rings. The Hall–Kier alpha value is -2.15. The van der Waals surface area contributed by atoms with E-state index in [9.17, 15) is 14.7 Å². The molecule has 1 rings (SSSR count). The van der Waals surface area contributed by atoms with Crippen molar-refractivity contribution in [2.75, 3.05) is 6.61 Å². The molecule has 22 heavy (non-hydrogen) atoms. The molecular formula is C15H22N2O5. The van der Waals surface area contributed by atoms with Gasteiger partial charge in [-0.3, -0.25) is 4.98 Å². The standard InChI is InChI=1S/C15H22N2O5/c1-5-21-13(19)11(17-14(20)22-15(2,3)4)12(18)10-7-6-8-16-9-10/h6-9,11-12,18H,5H2,1-4H3,(H,17,20)/t11-,12+/m0/s1. The van der Waals surface area contributed by atoms with Crippen molar-refractivity contribution in [1.82, 2.24) is 10.3 Å². The molecule has 7 heteroatoms. The fraction of sp³-hybridized carbons (Fsp3) is 0.533. The van der Waals surface area contributed by atoms with Gasteiger partial charge in [0.2, 0.25) is 0 Å². The minimum Gasteiger partial charge on any atom is -0.464 e. The summed E-state index contributed by atoms with van der Waals surface area (Å²) >= 11 is 0. The van der Waals surface area contributed by atoms with Gasteiger partial charge in [-0.05, 0) is 33.8 Å². The molecule has 0 saturated carbocycles. The third-order valence-electron chi connectivity index (χ3n) is 2.55. The molecule has 0 spiro atoms. The summed E-state index contributed by atoms with van der Waals surface area (Å²) in [6, 6.07) is 1.94. The van der Waals surface area contributed by atoms with E-state index >= 15 is 0 Å². The lowest BCUT2D eigenvalue weighted by atomic mass is 10.0. The van der Waals surface area contributed by atoms with Crippen LogP contribution in [0, 0.1) is 0 Å². The number of hydrogen-bond acceptors (Lipinski definition) is 6. The Morgan fingerprint density at radius 1 is 1.41 bits per heavy atom. The fourth-order valence-corrected chi connectivity index (χ4v) is 1.68. The van der Waals surface area contributed by atoms with Crippen LogP contribution in [-0.4, -0.2) is 40.4 Å². The Morgan fingerprint density at radius 3 is 2.59 bits per heavy atom. The number of aromatic nitrogens is 1. The minimum atomic E-state index is -1.29. The highest BCUT2D eigenvalue weighted by molar-refractivity contribution is 5.82. The second-order valence-electron chi connectivity index (χ2n) is 5.61. The average molecular weight is 310 g/mol. The van der Waals surface area contributed by atoms with Crippen molar-refractivity contribution in [3.8, 4) is 0 Å². The van der Waals surface area contributed by atoms with Gasteiger partial charge in [0.15, 0.2) is 6.04 Å². The molecule has 122 valence electrons. The summed E-state index contributed by atoms with van der Waals surface area (Å²) in [5.41, 5.74) is -0.334. The number of alkyl carbamates (subject to hydrolysis) is 1. The largest absolute Gasteiger partial charge is 0.464 e. The van der Waals surface area contributed by atoms with Crippen molar-refractivity contribution in [1.29, 1.82) is 0 Å². The number of rotatable bonds is 5. The summed E-state index contributed by atoms with van der Waals surface area (Å²) in [4.78, 5) is 27.7. The molecule has 1 aromatic heterocycles. The molecule has 0 bridgehead atoms. The second kappa shape index (κ2) is 7.74. The molecule has 1 heterocycles. The number of nitrogens with one attached hydrogen (secondary N) is 1. The minimum absolute atomic E-state index is 0.130. The van der Waals surface area contributed by atoms with Crippen LogP contribution in [0.3, 0.4) is 0 Å². The van der Waals surface area contributed by atoms with Gasteiger partial charge in [0, 0.05) is 18.0 Å². The molecule has 0 aliphatic heterocycles. The number of hydrogen-bond donors (Lipinski definition) is 2. The van der Waals surface area contributed by atoms with Gasteiger partial charge in [0.1, 0.15) is 11.7 Å². The zero-order valence-corrected chi connectivity index (χ0v) is 13.2. The SMILES string of the molecule is CCOC(=O)[C@@H](NC(=O)OC(C)(C)C)[C@H](O)c1cccnc1. The lowest BCUT2D eigenvalue weighted by Crippen LogP contribution is -2.47. The third-order valence-corrected chi connectivity index (χ3v) is 2.55. The maximum Gasteiger partial charge on any atom is 0.408 e. The number of nitrogens with zero attached hydrogens (tertiary/aromatic N) is 1. The van der Waals surface area contributed by atoms with Crippen LogP contribution in [-0.2, 0) is 14.3 Å². The normalized spacial score (nSPS) is 13.9. The van der Waals surface area contributed by atoms with Crippen LogP contribution < -0.4 is 5.32 Å². The summed E-state index contributed by atoms with van der Waals surface area (Å²) in [6.45, 7) is 6.86. The Morgan fingerprint density at radius 2 is 2.09 bits per heavy atom. The number of amides is 1. The van der Waals surface area contributed by atoms with Gasteiger partial charge in [-0.25, -0.2) is 9.59 Å². The smallest absolute Gasteiger partial charge is 0.408 e. The summed E-state index contributed by atoms with van der Waals surface area (Å²) in [5, 5.41) is 12.7. The van der Waals surface area contributed by atoms with Crippen LogP contribution >= 0.6 is 0 Å². The van der Waals surface area contributed by atoms with Crippen molar-refractivity contribution in [2.24, 2.45) is 0 Å². The van der Waals surface area contributed by atoms with Crippen LogP contribution in [0.2, 0.25) is 0 Å². The zero-order valence-electron chi connectivity index (χ0n) is 13.2. The molecule has 0 radical (unpaired) electrons. The van der Waals surface area contributed by atoms with E-state index in [-0.39, 0.29) is 6.61 Å². The quantitative estimate of drug-likeness (QED) is 0.801. The van der Waals surface area contributed by atoms with Gasteiger partial charge < -0.3 is 19.9 Å². The maximum atomic E-state index is 12.0. The maximum absolute atomic E-state index is 12.0. The van der Waals surface area contributed by atoms with E-state index < -0.39 is 29.8 Å². The molecule has 2 N–H and O–H groups in total. The number of ether oxygens (including phenoxy) is 2. The van der Waals surface area contributed by atoms with Crippen LogP contribution in [0.5, 0.6) is 0 Å². The Bertz CT molecular complexity index is 498. The van der Waals surface area contributed by atoms with E-state index in [1.807, 2.05) is 0 Å². The molecule has 0 unspecified atom stereocenters. The predicted molar refractivity (Wildman–Crippen MR) is 79.0 cm³/mol. The van der Waals surface area contributed by atoms with Crippen LogP contribution in [0.15, 0.2) is 24.5 Å². The van der Waals surface area contributed by atoms with Gasteiger partial charge in [0.25, 0.3) is 0 Å². The number of pyridine rings is 1. The highest BCUT2D eigenvalue weighted by Gasteiger charge is 2.32. The molecule has 1 aromatic rings. The van der Waals surface area contributed by atoms with Crippen molar-refractivity contribution in [3.05, 3.63) is 30.1 Å². The highest BCUT2D eigenvalue weighted by Crippen LogP contribution is 2.17. The molecule has 0 aliphatic rings. The molecule has 0 saturated heterocycles. The number of aliphatic hydroxyl groups is 1. The molecule has 1 amide bonds. The zero-order chi connectivity index (χ0) is 16.8. The van der Waals surface area contributed by atoms with Crippen LogP contribution in [0.4, 0.5) is 4.79 Å². The highest BCUT2D eigenvalue weighted by atomic mass is 16.6. The Kier molecular flexibility index (Phi) is 6.30. The van der Waals surface area contributed by atoms with Gasteiger partial charge >= 0.3 is 12.1 Å². The first kappa shape index (κ1) is 17.9. The van der Waals surface area contributed by atoms with Crippen molar-refractivity contribution in [3.63, 3.8) is 0 Å². The number of carbonyl (C=O) groups excluding carboxylic acids is 2. The van der Waals surface area contributed by atoms with Gasteiger partial charge in [-0.15, -0.1) is 0 Å². The van der Waals surface area contributed by atoms with E-state index in [1.165, 1.54) is 12.4 Å². The van der Waals surface area contributed by atoms with Gasteiger partial charge in [0.05, 0.1) is 6.61 Å². The van der Waals surface area contributed by atoms with Gasteiger partial charge in [-0.2, -0.15) is 0 Å². The monoisotopic (exact) mass is 310 g/mol. The number of carbonyl (C=O) groups is 2. The second-order valence-corrected chi connectivity index (χ2v) is 5.61. The number of esters is 1. The van der Waals surface area contributed by atoms with E-state index in [0.29, 0.717) is 5.56 Å².